The zero-order valence-corrected chi connectivity index (χ0v) is 10.8. The molecule has 1 aromatic heterocycles. The van der Waals surface area contributed by atoms with E-state index < -0.39 is 11.6 Å². The average Bonchev–Trinajstić information content (AvgIpc) is 2.42. The third kappa shape index (κ3) is 3.12. The highest BCUT2D eigenvalue weighted by atomic mass is 19.2. The minimum absolute atomic E-state index is 0.0494. The molecule has 0 saturated carbocycles. The van der Waals surface area contributed by atoms with E-state index in [0.717, 1.165) is 12.1 Å². The largest absolute Gasteiger partial charge is 0.294 e. The van der Waals surface area contributed by atoms with Gasteiger partial charge in [-0.3, -0.25) is 9.59 Å². The molecular formula is C15H12F2NO2+. The Morgan fingerprint density at radius 1 is 1.10 bits per heavy atom. The van der Waals surface area contributed by atoms with Crippen LogP contribution >= 0.6 is 0 Å². The van der Waals surface area contributed by atoms with Gasteiger partial charge in [-0.15, -0.1) is 0 Å². The summed E-state index contributed by atoms with van der Waals surface area (Å²) in [5, 5.41) is 0. The van der Waals surface area contributed by atoms with E-state index in [0.29, 0.717) is 5.56 Å². The second kappa shape index (κ2) is 5.69. The van der Waals surface area contributed by atoms with Gasteiger partial charge < -0.3 is 0 Å². The van der Waals surface area contributed by atoms with Crippen LogP contribution in [-0.4, -0.2) is 11.6 Å². The van der Waals surface area contributed by atoms with Crippen molar-refractivity contribution < 1.29 is 22.9 Å². The van der Waals surface area contributed by atoms with Crippen LogP contribution in [0.25, 0.3) is 0 Å². The van der Waals surface area contributed by atoms with E-state index in [9.17, 15) is 18.4 Å². The molecule has 0 aliphatic heterocycles. The molecule has 0 atom stereocenters. The number of hydrogen-bond donors (Lipinski definition) is 0. The third-order valence-electron chi connectivity index (χ3n) is 2.83. The molecule has 102 valence electrons. The normalized spacial score (nSPS) is 10.3. The lowest BCUT2D eigenvalue weighted by molar-refractivity contribution is -0.683. The van der Waals surface area contributed by atoms with Crippen LogP contribution in [0.15, 0.2) is 42.7 Å². The van der Waals surface area contributed by atoms with Gasteiger partial charge in [0.15, 0.2) is 29.8 Å². The van der Waals surface area contributed by atoms with Crippen molar-refractivity contribution in [2.24, 2.45) is 0 Å². The summed E-state index contributed by atoms with van der Waals surface area (Å²) in [4.78, 5) is 23.2. The molecule has 3 nitrogen and oxygen atoms in total. The Labute approximate surface area is 114 Å². The molecule has 0 bridgehead atoms. The number of ketones is 2. The molecule has 0 spiro atoms. The van der Waals surface area contributed by atoms with E-state index in [1.165, 1.54) is 17.6 Å². The number of Topliss-reactive ketones (excluding diaryl/α,β-unsaturated/α-hetero) is 2. The monoisotopic (exact) mass is 276 g/mol. The van der Waals surface area contributed by atoms with Gasteiger partial charge in [0.1, 0.15) is 0 Å². The van der Waals surface area contributed by atoms with Gasteiger partial charge in [0.05, 0.1) is 5.56 Å². The van der Waals surface area contributed by atoms with Gasteiger partial charge in [-0.2, -0.15) is 4.57 Å². The van der Waals surface area contributed by atoms with Crippen LogP contribution in [0, 0.1) is 11.6 Å². The highest BCUT2D eigenvalue weighted by Gasteiger charge is 2.15. The quantitative estimate of drug-likeness (QED) is 0.635. The SMILES string of the molecule is CC(=O)c1ccc[n+](CC(=O)c2ccc(F)c(F)c2)c1. The van der Waals surface area contributed by atoms with E-state index >= 15 is 0 Å². The van der Waals surface area contributed by atoms with Crippen molar-refractivity contribution in [3.05, 3.63) is 65.5 Å². The zero-order valence-electron chi connectivity index (χ0n) is 10.8. The van der Waals surface area contributed by atoms with Gasteiger partial charge >= 0.3 is 0 Å². The zero-order chi connectivity index (χ0) is 14.7. The molecule has 2 rings (SSSR count). The Bertz CT molecular complexity index is 683. The average molecular weight is 276 g/mol. The van der Waals surface area contributed by atoms with E-state index in [1.807, 2.05) is 0 Å². The number of nitrogens with zero attached hydrogens (tertiary/aromatic N) is 1. The number of hydrogen-bond acceptors (Lipinski definition) is 2. The summed E-state index contributed by atoms with van der Waals surface area (Å²) in [6, 6.07) is 6.30. The molecular weight excluding hydrogens is 264 g/mol. The smallest absolute Gasteiger partial charge is 0.227 e. The maximum Gasteiger partial charge on any atom is 0.227 e. The fourth-order valence-electron chi connectivity index (χ4n) is 1.76. The number of benzene rings is 1. The summed E-state index contributed by atoms with van der Waals surface area (Å²) in [5.74, 6) is -2.53. The minimum Gasteiger partial charge on any atom is -0.294 e. The molecule has 0 radical (unpaired) electrons. The van der Waals surface area contributed by atoms with Crippen LogP contribution in [0.1, 0.15) is 27.6 Å². The molecule has 1 heterocycles. The predicted molar refractivity (Wildman–Crippen MR) is 67.3 cm³/mol. The molecule has 2 aromatic rings. The number of halogens is 2. The topological polar surface area (TPSA) is 38.0 Å². The second-order valence-corrected chi connectivity index (χ2v) is 4.37. The highest BCUT2D eigenvalue weighted by molar-refractivity contribution is 5.95. The van der Waals surface area contributed by atoms with Crippen molar-refractivity contribution in [2.75, 3.05) is 0 Å². The lowest BCUT2D eigenvalue weighted by atomic mass is 10.1. The molecule has 0 amide bonds. The van der Waals surface area contributed by atoms with Crippen molar-refractivity contribution in [3.63, 3.8) is 0 Å². The molecule has 20 heavy (non-hydrogen) atoms. The first-order valence-corrected chi connectivity index (χ1v) is 5.95. The third-order valence-corrected chi connectivity index (χ3v) is 2.83. The van der Waals surface area contributed by atoms with Gasteiger partial charge in [-0.25, -0.2) is 8.78 Å². The van der Waals surface area contributed by atoms with Crippen molar-refractivity contribution in [1.82, 2.24) is 0 Å². The second-order valence-electron chi connectivity index (χ2n) is 4.37. The van der Waals surface area contributed by atoms with Crippen LogP contribution in [0.5, 0.6) is 0 Å². The minimum atomic E-state index is -1.06. The maximum absolute atomic E-state index is 13.1. The molecule has 0 saturated heterocycles. The summed E-state index contributed by atoms with van der Waals surface area (Å²) in [5.41, 5.74) is 0.565. The first kappa shape index (κ1) is 14.0. The number of aromatic nitrogens is 1. The molecule has 0 fully saturated rings. The van der Waals surface area contributed by atoms with Crippen LogP contribution in [0.4, 0.5) is 8.78 Å². The lowest BCUT2D eigenvalue weighted by Crippen LogP contribution is -2.38. The van der Waals surface area contributed by atoms with Gasteiger partial charge in [0.25, 0.3) is 0 Å². The number of carbonyl (C=O) groups is 2. The Kier molecular flexibility index (Phi) is 3.98. The van der Waals surface area contributed by atoms with Crippen molar-refractivity contribution in [2.45, 2.75) is 13.5 Å². The summed E-state index contributed by atoms with van der Waals surface area (Å²) >= 11 is 0. The summed E-state index contributed by atoms with van der Waals surface area (Å²) < 4.78 is 27.4. The molecule has 0 unspecified atom stereocenters. The van der Waals surface area contributed by atoms with Gasteiger partial charge in [0.2, 0.25) is 12.3 Å². The molecule has 1 aromatic carbocycles. The first-order valence-electron chi connectivity index (χ1n) is 5.95. The van der Waals surface area contributed by atoms with E-state index in [-0.39, 0.29) is 23.7 Å². The fraction of sp³-hybridized carbons (Fsp3) is 0.133. The highest BCUT2D eigenvalue weighted by Crippen LogP contribution is 2.09. The van der Waals surface area contributed by atoms with Crippen molar-refractivity contribution in [1.29, 1.82) is 0 Å². The van der Waals surface area contributed by atoms with Crippen LogP contribution in [0.3, 0.4) is 0 Å². The standard InChI is InChI=1S/C15H12F2NO2/c1-10(19)12-3-2-6-18(8-12)9-15(20)11-4-5-13(16)14(17)7-11/h2-8H,9H2,1H3/q+1. The molecule has 0 N–H and O–H groups in total. The van der Waals surface area contributed by atoms with E-state index in [4.69, 9.17) is 0 Å². The molecule has 0 aliphatic rings. The number of pyridine rings is 1. The number of rotatable bonds is 4. The number of carbonyl (C=O) groups excluding carboxylic acids is 2. The van der Waals surface area contributed by atoms with Gasteiger partial charge in [0, 0.05) is 11.6 Å². The summed E-state index contributed by atoms with van der Waals surface area (Å²) in [6.07, 6.45) is 3.17. The Hall–Kier alpha value is -2.43. The van der Waals surface area contributed by atoms with Crippen molar-refractivity contribution in [3.8, 4) is 0 Å². The van der Waals surface area contributed by atoms with Gasteiger partial charge in [-0.1, -0.05) is 0 Å². The molecule has 0 aliphatic carbocycles. The fourth-order valence-corrected chi connectivity index (χ4v) is 1.76. The molecule has 5 heteroatoms. The summed E-state index contributed by atoms with van der Waals surface area (Å²) in [7, 11) is 0. The van der Waals surface area contributed by atoms with E-state index in [2.05, 4.69) is 0 Å². The van der Waals surface area contributed by atoms with E-state index in [1.54, 1.807) is 24.5 Å². The Balaban J connectivity index is 2.21. The van der Waals surface area contributed by atoms with Gasteiger partial charge in [-0.05, 0) is 31.2 Å². The van der Waals surface area contributed by atoms with Crippen molar-refractivity contribution >= 4 is 11.6 Å². The Morgan fingerprint density at radius 3 is 2.50 bits per heavy atom. The maximum atomic E-state index is 13.1. The summed E-state index contributed by atoms with van der Waals surface area (Å²) in [6.45, 7) is 1.38. The Morgan fingerprint density at radius 2 is 1.85 bits per heavy atom. The van der Waals surface area contributed by atoms with Crippen LogP contribution in [-0.2, 0) is 6.54 Å². The van der Waals surface area contributed by atoms with Crippen LogP contribution in [0.2, 0.25) is 0 Å². The lowest BCUT2D eigenvalue weighted by Gasteiger charge is -2.00. The van der Waals surface area contributed by atoms with Crippen LogP contribution < -0.4 is 4.57 Å². The predicted octanol–water partition coefficient (Wildman–Crippen LogP) is 2.34. The first-order chi connectivity index (χ1) is 9.47.